The van der Waals surface area contributed by atoms with E-state index < -0.39 is 0 Å². The van der Waals surface area contributed by atoms with Crippen molar-refractivity contribution in [3.05, 3.63) is 34.9 Å². The van der Waals surface area contributed by atoms with E-state index in [9.17, 15) is 0 Å². The molecule has 2 aliphatic heterocycles. The summed E-state index contributed by atoms with van der Waals surface area (Å²) in [6.45, 7) is 4.26. The van der Waals surface area contributed by atoms with Crippen LogP contribution >= 0.6 is 11.6 Å². The van der Waals surface area contributed by atoms with Gasteiger partial charge in [0.25, 0.3) is 0 Å². The number of aliphatic imine (C=N–C) groups is 1. The number of hydrogen-bond acceptors (Lipinski definition) is 8. The van der Waals surface area contributed by atoms with Crippen molar-refractivity contribution in [1.82, 2.24) is 15.0 Å². The number of nitrogens with two attached hydrogens (primary N) is 2. The highest BCUT2D eigenvalue weighted by Gasteiger charge is 2.28. The summed E-state index contributed by atoms with van der Waals surface area (Å²) in [5, 5.41) is 0.256. The second-order valence-corrected chi connectivity index (χ2v) is 7.27. The maximum Gasteiger partial charge on any atom is 0.243 e. The first-order valence-corrected chi connectivity index (χ1v) is 8.83. The molecule has 0 bridgehead atoms. The van der Waals surface area contributed by atoms with Gasteiger partial charge in [-0.3, -0.25) is 0 Å². The van der Waals surface area contributed by atoms with Crippen LogP contribution in [0.5, 0.6) is 5.75 Å². The van der Waals surface area contributed by atoms with E-state index in [0.29, 0.717) is 23.9 Å². The Hall–Kier alpha value is -2.45. The summed E-state index contributed by atoms with van der Waals surface area (Å²) in [6.07, 6.45) is 5.14. The predicted molar refractivity (Wildman–Crippen MR) is 101 cm³/mol. The maximum atomic E-state index is 6.20. The number of ether oxygens (including phenoxy) is 1. The molecule has 0 spiro atoms. The van der Waals surface area contributed by atoms with Crippen molar-refractivity contribution >= 4 is 29.1 Å². The third-order valence-electron chi connectivity index (χ3n) is 4.72. The molecule has 136 valence electrons. The van der Waals surface area contributed by atoms with E-state index in [0.717, 1.165) is 37.4 Å². The molecule has 8 nitrogen and oxygen atoms in total. The topological polar surface area (TPSA) is 116 Å². The molecule has 0 saturated carbocycles. The first-order valence-electron chi connectivity index (χ1n) is 8.45. The molecule has 4 N–H and O–H groups in total. The van der Waals surface area contributed by atoms with Crippen molar-refractivity contribution in [3.63, 3.8) is 0 Å². The largest absolute Gasteiger partial charge is 0.435 e. The van der Waals surface area contributed by atoms with Gasteiger partial charge in [-0.25, -0.2) is 19.9 Å². The van der Waals surface area contributed by atoms with Gasteiger partial charge in [0.15, 0.2) is 5.75 Å². The highest BCUT2D eigenvalue weighted by Crippen LogP contribution is 2.30. The van der Waals surface area contributed by atoms with Gasteiger partial charge in [0.1, 0.15) is 22.4 Å². The number of rotatable bonds is 2. The molecular formula is C17H20ClN7O. The lowest BCUT2D eigenvalue weighted by molar-refractivity contribution is 0.363. The van der Waals surface area contributed by atoms with E-state index in [4.69, 9.17) is 32.8 Å². The number of anilines is 2. The highest BCUT2D eigenvalue weighted by molar-refractivity contribution is 6.34. The summed E-state index contributed by atoms with van der Waals surface area (Å²) in [4.78, 5) is 19.7. The summed E-state index contributed by atoms with van der Waals surface area (Å²) in [6, 6.07) is 1.64. The van der Waals surface area contributed by atoms with Crippen LogP contribution in [0.4, 0.5) is 11.6 Å². The van der Waals surface area contributed by atoms with Crippen LogP contribution in [0.2, 0.25) is 5.02 Å². The van der Waals surface area contributed by atoms with E-state index in [-0.39, 0.29) is 16.4 Å². The number of nitrogen functional groups attached to an aromatic ring is 1. The van der Waals surface area contributed by atoms with E-state index in [1.54, 1.807) is 12.3 Å². The van der Waals surface area contributed by atoms with Gasteiger partial charge in [-0.2, -0.15) is 0 Å². The number of hydrogen-bond donors (Lipinski definition) is 2. The first kappa shape index (κ1) is 17.0. The van der Waals surface area contributed by atoms with Crippen molar-refractivity contribution in [2.75, 3.05) is 23.7 Å². The summed E-state index contributed by atoms with van der Waals surface area (Å²) in [5.41, 5.74) is 13.2. The van der Waals surface area contributed by atoms with Crippen LogP contribution < -0.4 is 21.1 Å². The molecule has 0 atom stereocenters. The van der Waals surface area contributed by atoms with E-state index in [1.165, 1.54) is 6.20 Å². The molecule has 26 heavy (non-hydrogen) atoms. The minimum absolute atomic E-state index is 0.101. The Morgan fingerprint density at radius 1 is 1.27 bits per heavy atom. The van der Waals surface area contributed by atoms with Crippen LogP contribution in [0.1, 0.15) is 31.2 Å². The number of aromatic nitrogens is 3. The van der Waals surface area contributed by atoms with Crippen LogP contribution in [0.25, 0.3) is 0 Å². The molecule has 0 aromatic carbocycles. The third-order valence-corrected chi connectivity index (χ3v) is 5.10. The zero-order valence-electron chi connectivity index (χ0n) is 14.4. The van der Waals surface area contributed by atoms with Crippen LogP contribution in [-0.2, 0) is 6.54 Å². The number of halogens is 1. The quantitative estimate of drug-likeness (QED) is 0.823. The lowest BCUT2D eigenvalue weighted by Crippen LogP contribution is -2.48. The van der Waals surface area contributed by atoms with Gasteiger partial charge >= 0.3 is 0 Å². The van der Waals surface area contributed by atoms with Crippen LogP contribution in [0.15, 0.2) is 23.5 Å². The van der Waals surface area contributed by atoms with Gasteiger partial charge in [-0.15, -0.1) is 0 Å². The number of nitrogens with zero attached hydrogens (tertiary/aromatic N) is 5. The molecule has 4 rings (SSSR count). The summed E-state index contributed by atoms with van der Waals surface area (Å²) in [5.74, 6) is 1.85. The Morgan fingerprint density at radius 2 is 2.04 bits per heavy atom. The standard InChI is InChI=1S/C17H20ClN7O/c1-17(20)3-6-25(7-4-17)12-9-22-14-10(24-12)8-23-16(14)26-11-2-5-21-15(19)13(11)18/h2,5,9H,3-4,6-8,20H2,1H3,(H2,19,21). The molecule has 4 heterocycles. The molecule has 2 aliphatic rings. The van der Waals surface area contributed by atoms with E-state index in [1.807, 2.05) is 0 Å². The molecule has 1 fully saturated rings. The second kappa shape index (κ2) is 6.37. The van der Waals surface area contributed by atoms with Crippen molar-refractivity contribution in [2.24, 2.45) is 10.7 Å². The highest BCUT2D eigenvalue weighted by atomic mass is 35.5. The monoisotopic (exact) mass is 373 g/mol. The van der Waals surface area contributed by atoms with Crippen LogP contribution in [0, 0.1) is 0 Å². The average Bonchev–Trinajstić information content (AvgIpc) is 3.01. The molecular weight excluding hydrogens is 354 g/mol. The zero-order valence-corrected chi connectivity index (χ0v) is 15.2. The van der Waals surface area contributed by atoms with Crippen LogP contribution in [0.3, 0.4) is 0 Å². The van der Waals surface area contributed by atoms with Crippen molar-refractivity contribution in [3.8, 4) is 5.75 Å². The Morgan fingerprint density at radius 3 is 2.81 bits per heavy atom. The Bertz CT molecular complexity index is 873. The smallest absolute Gasteiger partial charge is 0.243 e. The summed E-state index contributed by atoms with van der Waals surface area (Å²) >= 11 is 6.13. The SMILES string of the molecule is CC1(N)CCN(c2cnc3c(n2)CN=C3Oc2ccnc(N)c2Cl)CC1. The summed E-state index contributed by atoms with van der Waals surface area (Å²) in [7, 11) is 0. The number of pyridine rings is 1. The van der Waals surface area contributed by atoms with Gasteiger partial charge in [0, 0.05) is 30.9 Å². The Balaban J connectivity index is 1.52. The third kappa shape index (κ3) is 3.17. The molecule has 0 aliphatic carbocycles. The number of piperidine rings is 1. The second-order valence-electron chi connectivity index (χ2n) is 6.90. The first-order chi connectivity index (χ1) is 12.4. The van der Waals surface area contributed by atoms with E-state index in [2.05, 4.69) is 26.8 Å². The van der Waals surface area contributed by atoms with E-state index >= 15 is 0 Å². The molecule has 2 aromatic heterocycles. The van der Waals surface area contributed by atoms with Crippen LogP contribution in [-0.4, -0.2) is 39.5 Å². The molecule has 0 amide bonds. The van der Waals surface area contributed by atoms with Gasteiger partial charge in [-0.05, 0) is 19.8 Å². The lowest BCUT2D eigenvalue weighted by atomic mass is 9.91. The normalized spacial score (nSPS) is 18.4. The van der Waals surface area contributed by atoms with Crippen molar-refractivity contribution in [1.29, 1.82) is 0 Å². The Kier molecular flexibility index (Phi) is 4.16. The maximum absolute atomic E-state index is 6.20. The fraction of sp³-hybridized carbons (Fsp3) is 0.412. The molecule has 0 unspecified atom stereocenters. The van der Waals surface area contributed by atoms with Crippen molar-refractivity contribution < 1.29 is 4.74 Å². The Labute approximate surface area is 156 Å². The van der Waals surface area contributed by atoms with Gasteiger partial charge in [-0.1, -0.05) is 11.6 Å². The van der Waals surface area contributed by atoms with Crippen molar-refractivity contribution in [2.45, 2.75) is 31.8 Å². The zero-order chi connectivity index (χ0) is 18.3. The minimum atomic E-state index is -0.101. The van der Waals surface area contributed by atoms with Gasteiger partial charge < -0.3 is 21.1 Å². The fourth-order valence-electron chi connectivity index (χ4n) is 3.03. The lowest BCUT2D eigenvalue weighted by Gasteiger charge is -2.37. The average molecular weight is 374 g/mol. The molecule has 1 saturated heterocycles. The molecule has 2 aromatic rings. The summed E-state index contributed by atoms with van der Waals surface area (Å²) < 4.78 is 5.79. The van der Waals surface area contributed by atoms with Gasteiger partial charge in [0.05, 0.1) is 18.4 Å². The predicted octanol–water partition coefficient (Wildman–Crippen LogP) is 1.76. The van der Waals surface area contributed by atoms with Gasteiger partial charge in [0.2, 0.25) is 5.90 Å². The fourth-order valence-corrected chi connectivity index (χ4v) is 3.18. The number of fused-ring (bicyclic) bond motifs is 1. The minimum Gasteiger partial charge on any atom is -0.435 e. The molecule has 9 heteroatoms. The molecule has 0 radical (unpaired) electrons.